The Labute approximate surface area is 174 Å². The first-order valence-electron chi connectivity index (χ1n) is 11.0. The van der Waals surface area contributed by atoms with Crippen molar-refractivity contribution in [3.05, 3.63) is 29.8 Å². The van der Waals surface area contributed by atoms with Gasteiger partial charge < -0.3 is 25.0 Å². The minimum absolute atomic E-state index is 0.271. The Kier molecular flexibility index (Phi) is 8.73. The molecule has 2 N–H and O–H groups in total. The zero-order chi connectivity index (χ0) is 20.5. The largest absolute Gasteiger partial charge is 0.491 e. The summed E-state index contributed by atoms with van der Waals surface area (Å²) in [5, 5.41) is 13.7. The van der Waals surface area contributed by atoms with E-state index in [0.29, 0.717) is 19.6 Å². The lowest BCUT2D eigenvalue weighted by atomic mass is 10.2. The number of nitrogens with one attached hydrogen (secondary N) is 1. The minimum atomic E-state index is -0.483. The Morgan fingerprint density at radius 2 is 1.97 bits per heavy atom. The van der Waals surface area contributed by atoms with Crippen molar-refractivity contribution in [2.75, 3.05) is 65.5 Å². The molecule has 0 spiro atoms. The van der Waals surface area contributed by atoms with E-state index >= 15 is 0 Å². The third kappa shape index (κ3) is 7.26. The number of piperazine rings is 1. The van der Waals surface area contributed by atoms with E-state index in [4.69, 9.17) is 4.74 Å². The number of benzene rings is 1. The lowest BCUT2D eigenvalue weighted by Gasteiger charge is -2.34. The van der Waals surface area contributed by atoms with E-state index in [-0.39, 0.29) is 5.91 Å². The second-order valence-corrected chi connectivity index (χ2v) is 8.01. The molecular formula is C22H36N4O3. The SMILES string of the molecule is CCN1CCN(C[C@@H](O)COc2cccc(CNCCN3CCCC3=O)c2)CC1. The van der Waals surface area contributed by atoms with Crippen LogP contribution in [0.4, 0.5) is 0 Å². The van der Waals surface area contributed by atoms with Gasteiger partial charge in [-0.05, 0) is 30.7 Å². The van der Waals surface area contributed by atoms with Gasteiger partial charge in [0.2, 0.25) is 5.91 Å². The molecule has 2 heterocycles. The number of amides is 1. The number of β-amino-alcohol motifs (C(OH)–C–C–N with tert-alkyl or cyclic N) is 1. The Hall–Kier alpha value is -1.67. The molecule has 0 radical (unpaired) electrons. The summed E-state index contributed by atoms with van der Waals surface area (Å²) in [5.74, 6) is 1.06. The van der Waals surface area contributed by atoms with Gasteiger partial charge in [-0.3, -0.25) is 9.69 Å². The normalized spacial score (nSPS) is 19.7. The van der Waals surface area contributed by atoms with E-state index in [0.717, 1.165) is 76.6 Å². The molecule has 0 bridgehead atoms. The van der Waals surface area contributed by atoms with E-state index in [1.165, 1.54) is 0 Å². The highest BCUT2D eigenvalue weighted by Crippen LogP contribution is 2.14. The maximum atomic E-state index is 11.6. The van der Waals surface area contributed by atoms with Gasteiger partial charge in [-0.1, -0.05) is 19.1 Å². The van der Waals surface area contributed by atoms with E-state index in [2.05, 4.69) is 28.1 Å². The molecule has 7 heteroatoms. The number of hydrogen-bond donors (Lipinski definition) is 2. The van der Waals surface area contributed by atoms with Crippen LogP contribution >= 0.6 is 0 Å². The number of aliphatic hydroxyl groups excluding tert-OH is 1. The highest BCUT2D eigenvalue weighted by Gasteiger charge is 2.19. The molecule has 2 aliphatic heterocycles. The van der Waals surface area contributed by atoms with Gasteiger partial charge in [-0.15, -0.1) is 0 Å². The number of aliphatic hydroxyl groups is 1. The molecule has 2 aliphatic rings. The van der Waals surface area contributed by atoms with Crippen LogP contribution in [0.25, 0.3) is 0 Å². The third-order valence-corrected chi connectivity index (χ3v) is 5.78. The van der Waals surface area contributed by atoms with Crippen molar-refractivity contribution >= 4 is 5.91 Å². The summed E-state index contributed by atoms with van der Waals surface area (Å²) in [6.07, 6.45) is 1.20. The zero-order valence-electron chi connectivity index (χ0n) is 17.7. The summed E-state index contributed by atoms with van der Waals surface area (Å²) in [7, 11) is 0. The topological polar surface area (TPSA) is 68.3 Å². The number of likely N-dealkylation sites (tertiary alicyclic amines) is 1. The molecule has 2 fully saturated rings. The van der Waals surface area contributed by atoms with Crippen molar-refractivity contribution in [3.63, 3.8) is 0 Å². The monoisotopic (exact) mass is 404 g/mol. The van der Waals surface area contributed by atoms with Crippen LogP contribution < -0.4 is 10.1 Å². The van der Waals surface area contributed by atoms with Crippen molar-refractivity contribution in [2.24, 2.45) is 0 Å². The van der Waals surface area contributed by atoms with Crippen molar-refractivity contribution in [1.29, 1.82) is 0 Å². The van der Waals surface area contributed by atoms with Crippen LogP contribution in [-0.4, -0.2) is 97.3 Å². The second-order valence-electron chi connectivity index (χ2n) is 8.01. The fraction of sp³-hybridized carbons (Fsp3) is 0.682. The maximum Gasteiger partial charge on any atom is 0.222 e. The van der Waals surface area contributed by atoms with Gasteiger partial charge in [0.15, 0.2) is 0 Å². The average Bonchev–Trinajstić information content (AvgIpc) is 3.15. The summed E-state index contributed by atoms with van der Waals surface area (Å²) < 4.78 is 5.83. The Balaban J connectivity index is 1.33. The van der Waals surface area contributed by atoms with Crippen LogP contribution in [0.1, 0.15) is 25.3 Å². The molecule has 1 atom stereocenters. The van der Waals surface area contributed by atoms with E-state index in [1.807, 2.05) is 23.1 Å². The summed E-state index contributed by atoms with van der Waals surface area (Å²) in [4.78, 5) is 18.3. The van der Waals surface area contributed by atoms with Crippen LogP contribution in [-0.2, 0) is 11.3 Å². The van der Waals surface area contributed by atoms with Crippen LogP contribution in [0.15, 0.2) is 24.3 Å². The molecular weight excluding hydrogens is 368 g/mol. The van der Waals surface area contributed by atoms with Crippen molar-refractivity contribution < 1.29 is 14.6 Å². The molecule has 0 aromatic heterocycles. The summed E-state index contributed by atoms with van der Waals surface area (Å²) >= 11 is 0. The van der Waals surface area contributed by atoms with E-state index < -0.39 is 6.10 Å². The summed E-state index contributed by atoms with van der Waals surface area (Å²) in [6.45, 7) is 11.6. The van der Waals surface area contributed by atoms with Gasteiger partial charge in [-0.2, -0.15) is 0 Å². The molecule has 0 unspecified atom stereocenters. The quantitative estimate of drug-likeness (QED) is 0.531. The molecule has 2 saturated heterocycles. The van der Waals surface area contributed by atoms with Gasteiger partial charge in [0.25, 0.3) is 0 Å². The van der Waals surface area contributed by atoms with Crippen molar-refractivity contribution in [1.82, 2.24) is 20.0 Å². The summed E-state index contributed by atoms with van der Waals surface area (Å²) in [5.41, 5.74) is 1.14. The van der Waals surface area contributed by atoms with Crippen LogP contribution in [0.2, 0.25) is 0 Å². The number of hydrogen-bond acceptors (Lipinski definition) is 6. The fourth-order valence-electron chi connectivity index (χ4n) is 3.96. The number of carbonyl (C=O) groups excluding carboxylic acids is 1. The minimum Gasteiger partial charge on any atom is -0.491 e. The van der Waals surface area contributed by atoms with Crippen LogP contribution in [0.5, 0.6) is 5.75 Å². The highest BCUT2D eigenvalue weighted by atomic mass is 16.5. The molecule has 7 nitrogen and oxygen atoms in total. The summed E-state index contributed by atoms with van der Waals surface area (Å²) in [6, 6.07) is 7.98. The zero-order valence-corrected chi connectivity index (χ0v) is 17.7. The average molecular weight is 405 g/mol. The smallest absolute Gasteiger partial charge is 0.222 e. The third-order valence-electron chi connectivity index (χ3n) is 5.78. The maximum absolute atomic E-state index is 11.6. The number of nitrogens with zero attached hydrogens (tertiary/aromatic N) is 3. The lowest BCUT2D eigenvalue weighted by Crippen LogP contribution is -2.49. The van der Waals surface area contributed by atoms with Gasteiger partial charge in [0, 0.05) is 65.3 Å². The Morgan fingerprint density at radius 1 is 1.17 bits per heavy atom. The predicted octanol–water partition coefficient (Wildman–Crippen LogP) is 0.776. The van der Waals surface area contributed by atoms with Gasteiger partial charge in [-0.25, -0.2) is 0 Å². The number of rotatable bonds is 11. The molecule has 1 aromatic rings. The molecule has 1 amide bonds. The molecule has 3 rings (SSSR count). The first-order chi connectivity index (χ1) is 14.1. The predicted molar refractivity (Wildman–Crippen MR) is 114 cm³/mol. The van der Waals surface area contributed by atoms with Crippen LogP contribution in [0, 0.1) is 0 Å². The number of ether oxygens (including phenoxy) is 1. The van der Waals surface area contributed by atoms with Gasteiger partial charge in [0.1, 0.15) is 18.5 Å². The molecule has 162 valence electrons. The first kappa shape index (κ1) is 22.0. The van der Waals surface area contributed by atoms with Crippen LogP contribution in [0.3, 0.4) is 0 Å². The number of likely N-dealkylation sites (N-methyl/N-ethyl adjacent to an activating group) is 1. The molecule has 0 aliphatic carbocycles. The fourth-order valence-corrected chi connectivity index (χ4v) is 3.96. The highest BCUT2D eigenvalue weighted by molar-refractivity contribution is 5.78. The Morgan fingerprint density at radius 3 is 2.69 bits per heavy atom. The van der Waals surface area contributed by atoms with Crippen molar-refractivity contribution in [2.45, 2.75) is 32.4 Å². The first-order valence-corrected chi connectivity index (χ1v) is 11.0. The molecule has 29 heavy (non-hydrogen) atoms. The second kappa shape index (κ2) is 11.5. The lowest BCUT2D eigenvalue weighted by molar-refractivity contribution is -0.127. The Bertz CT molecular complexity index is 634. The standard InChI is InChI=1S/C22H36N4O3/c1-2-24-11-13-25(14-12-24)17-20(27)18-29-21-6-3-5-19(15-21)16-23-8-10-26-9-4-7-22(26)28/h3,5-6,15,20,23,27H,2,4,7-14,16-18H2,1H3/t20-/m1/s1. The van der Waals surface area contributed by atoms with E-state index in [9.17, 15) is 9.90 Å². The van der Waals surface area contributed by atoms with Crippen molar-refractivity contribution in [3.8, 4) is 5.75 Å². The van der Waals surface area contributed by atoms with Gasteiger partial charge in [0.05, 0.1) is 0 Å². The van der Waals surface area contributed by atoms with E-state index in [1.54, 1.807) is 0 Å². The number of carbonyl (C=O) groups is 1. The molecule has 1 aromatic carbocycles. The molecule has 0 saturated carbocycles. The van der Waals surface area contributed by atoms with Gasteiger partial charge >= 0.3 is 0 Å².